The van der Waals surface area contributed by atoms with Crippen molar-refractivity contribution in [2.45, 2.75) is 18.9 Å². The highest BCUT2D eigenvalue weighted by Gasteiger charge is 2.31. The molecule has 1 fully saturated rings. The van der Waals surface area contributed by atoms with Crippen molar-refractivity contribution in [3.05, 3.63) is 28.8 Å². The van der Waals surface area contributed by atoms with E-state index in [-0.39, 0.29) is 29.6 Å². The molecule has 1 aliphatic rings. The van der Waals surface area contributed by atoms with E-state index in [1.54, 1.807) is 13.0 Å². The molecule has 1 unspecified atom stereocenters. The number of rotatable bonds is 7. The first-order valence-corrected chi connectivity index (χ1v) is 8.02. The van der Waals surface area contributed by atoms with Crippen LogP contribution in [0.25, 0.3) is 0 Å². The molecule has 0 saturated carbocycles. The maximum atomic E-state index is 12.6. The van der Waals surface area contributed by atoms with E-state index in [9.17, 15) is 14.4 Å². The fourth-order valence-corrected chi connectivity index (χ4v) is 2.90. The molecular weight excluding hydrogens is 350 g/mol. The Morgan fingerprint density at radius 1 is 1.48 bits per heavy atom. The zero-order valence-electron chi connectivity index (χ0n) is 14.0. The summed E-state index contributed by atoms with van der Waals surface area (Å²) in [5, 5.41) is 14.6. The van der Waals surface area contributed by atoms with Crippen molar-refractivity contribution in [3.63, 3.8) is 0 Å². The van der Waals surface area contributed by atoms with Gasteiger partial charge in [-0.05, 0) is 25.1 Å². The molecule has 1 aliphatic heterocycles. The van der Waals surface area contributed by atoms with E-state index >= 15 is 0 Å². The van der Waals surface area contributed by atoms with Gasteiger partial charge in [-0.2, -0.15) is 0 Å². The molecule has 1 aromatic carbocycles. The second-order valence-corrected chi connectivity index (χ2v) is 6.47. The van der Waals surface area contributed by atoms with Crippen molar-refractivity contribution in [2.75, 3.05) is 31.7 Å². The van der Waals surface area contributed by atoms with Crippen LogP contribution in [0, 0.1) is 0 Å². The number of ether oxygens (including phenoxy) is 1. The first-order chi connectivity index (χ1) is 11.8. The maximum absolute atomic E-state index is 12.6. The average molecular weight is 370 g/mol. The Kier molecular flexibility index (Phi) is 5.86. The van der Waals surface area contributed by atoms with Gasteiger partial charge in [0.05, 0.1) is 29.2 Å². The van der Waals surface area contributed by atoms with Crippen LogP contribution < -0.4 is 15.5 Å². The number of carbonyl (C=O) groups excluding carboxylic acids is 2. The zero-order valence-corrected chi connectivity index (χ0v) is 14.7. The van der Waals surface area contributed by atoms with Gasteiger partial charge in [-0.1, -0.05) is 11.6 Å². The van der Waals surface area contributed by atoms with Crippen LogP contribution in [-0.2, 0) is 9.53 Å². The lowest BCUT2D eigenvalue weighted by Crippen LogP contribution is -2.50. The van der Waals surface area contributed by atoms with E-state index < -0.39 is 17.4 Å². The summed E-state index contributed by atoms with van der Waals surface area (Å²) in [6.45, 7) is 2.61. The van der Waals surface area contributed by atoms with Crippen molar-refractivity contribution >= 4 is 35.2 Å². The van der Waals surface area contributed by atoms with Crippen LogP contribution >= 0.6 is 11.6 Å². The van der Waals surface area contributed by atoms with Gasteiger partial charge in [-0.25, -0.2) is 4.79 Å². The highest BCUT2D eigenvalue weighted by Crippen LogP contribution is 2.25. The third-order valence-electron chi connectivity index (χ3n) is 3.78. The molecule has 25 heavy (non-hydrogen) atoms. The molecule has 1 aromatic rings. The summed E-state index contributed by atoms with van der Waals surface area (Å²) in [6.07, 6.45) is -0.307. The Labute approximate surface area is 150 Å². The molecule has 1 heterocycles. The fraction of sp³-hybridized carbons (Fsp3) is 0.438. The monoisotopic (exact) mass is 369 g/mol. The number of urea groups is 1. The summed E-state index contributed by atoms with van der Waals surface area (Å²) < 4.78 is 5.02. The van der Waals surface area contributed by atoms with E-state index in [0.29, 0.717) is 18.8 Å². The van der Waals surface area contributed by atoms with Crippen LogP contribution in [-0.4, -0.2) is 55.4 Å². The average Bonchev–Trinajstić information content (AvgIpc) is 2.92. The van der Waals surface area contributed by atoms with E-state index in [1.165, 1.54) is 24.1 Å². The number of amides is 3. The fourth-order valence-electron chi connectivity index (χ4n) is 2.70. The predicted molar refractivity (Wildman–Crippen MR) is 92.2 cm³/mol. The summed E-state index contributed by atoms with van der Waals surface area (Å²) in [5.41, 5.74) is -0.398. The lowest BCUT2D eigenvalue weighted by molar-refractivity contribution is -0.139. The molecule has 0 aliphatic carbocycles. The van der Waals surface area contributed by atoms with Crippen LogP contribution in [0.15, 0.2) is 18.2 Å². The molecule has 2 rings (SSSR count). The zero-order chi connectivity index (χ0) is 18.6. The number of benzene rings is 1. The summed E-state index contributed by atoms with van der Waals surface area (Å²) in [7, 11) is 1.42. The Hall–Kier alpha value is -2.32. The number of halogens is 1. The molecule has 0 bridgehead atoms. The van der Waals surface area contributed by atoms with Crippen LogP contribution in [0.5, 0.6) is 0 Å². The van der Waals surface area contributed by atoms with Crippen molar-refractivity contribution in [1.29, 1.82) is 0 Å². The Bertz CT molecular complexity index is 696. The Balaban J connectivity index is 2.25. The number of anilines is 1. The van der Waals surface area contributed by atoms with Crippen molar-refractivity contribution in [3.8, 4) is 0 Å². The summed E-state index contributed by atoms with van der Waals surface area (Å²) in [6, 6.07) is 4.44. The first-order valence-electron chi connectivity index (χ1n) is 7.64. The number of hydrogen-bond acceptors (Lipinski definition) is 4. The molecule has 136 valence electrons. The van der Waals surface area contributed by atoms with Gasteiger partial charge in [0.25, 0.3) is 5.91 Å². The van der Waals surface area contributed by atoms with Gasteiger partial charge >= 0.3 is 12.0 Å². The minimum atomic E-state index is -1.10. The third-order valence-corrected chi connectivity index (χ3v) is 4.11. The molecule has 0 radical (unpaired) electrons. The largest absolute Gasteiger partial charge is 0.481 e. The molecule has 1 atom stereocenters. The summed E-state index contributed by atoms with van der Waals surface area (Å²) in [4.78, 5) is 37.0. The van der Waals surface area contributed by atoms with Gasteiger partial charge in [-0.3, -0.25) is 14.5 Å². The Morgan fingerprint density at radius 2 is 2.20 bits per heavy atom. The minimum Gasteiger partial charge on any atom is -0.481 e. The van der Waals surface area contributed by atoms with Gasteiger partial charge in [0, 0.05) is 25.9 Å². The second kappa shape index (κ2) is 7.71. The van der Waals surface area contributed by atoms with Crippen LogP contribution in [0.2, 0.25) is 5.02 Å². The molecule has 8 nitrogen and oxygen atoms in total. The quantitative estimate of drug-likeness (QED) is 0.674. The van der Waals surface area contributed by atoms with E-state index in [1.807, 2.05) is 0 Å². The van der Waals surface area contributed by atoms with Crippen LogP contribution in [0.1, 0.15) is 23.7 Å². The molecule has 0 spiro atoms. The minimum absolute atomic E-state index is 0.0247. The van der Waals surface area contributed by atoms with Gasteiger partial charge < -0.3 is 20.5 Å². The topological polar surface area (TPSA) is 108 Å². The summed E-state index contributed by atoms with van der Waals surface area (Å²) >= 11 is 6.12. The van der Waals surface area contributed by atoms with Gasteiger partial charge in [0.15, 0.2) is 0 Å². The van der Waals surface area contributed by atoms with Gasteiger partial charge in [-0.15, -0.1) is 0 Å². The lowest BCUT2D eigenvalue weighted by atomic mass is 9.98. The molecule has 3 N–H and O–H groups in total. The Morgan fingerprint density at radius 3 is 2.76 bits per heavy atom. The number of methoxy groups -OCH3 is 1. The number of nitrogens with zero attached hydrogens (tertiary/aromatic N) is 1. The predicted octanol–water partition coefficient (Wildman–Crippen LogP) is 1.48. The standard InChI is InChI=1S/C16H20ClN3O5/c1-16(9-25-2,8-13(21)22)19-14(23)11-7-10(3-4-12(11)17)20-6-5-18-15(20)24/h3-4,7H,5-6,8-9H2,1-2H3,(H,18,24)(H,19,23)(H,21,22). The molecule has 1 saturated heterocycles. The molecular formula is C16H20ClN3O5. The normalized spacial score (nSPS) is 16.3. The van der Waals surface area contributed by atoms with E-state index in [2.05, 4.69) is 10.6 Å². The highest BCUT2D eigenvalue weighted by atomic mass is 35.5. The van der Waals surface area contributed by atoms with Crippen LogP contribution in [0.3, 0.4) is 0 Å². The number of nitrogens with one attached hydrogen (secondary N) is 2. The number of hydrogen-bond donors (Lipinski definition) is 3. The SMILES string of the molecule is COCC(C)(CC(=O)O)NC(=O)c1cc(N2CCNC2=O)ccc1Cl. The van der Waals surface area contributed by atoms with Gasteiger partial charge in [0.2, 0.25) is 0 Å². The van der Waals surface area contributed by atoms with Crippen LogP contribution in [0.4, 0.5) is 10.5 Å². The summed E-state index contributed by atoms with van der Waals surface area (Å²) in [5.74, 6) is -1.60. The third kappa shape index (κ3) is 4.61. The van der Waals surface area contributed by atoms with Gasteiger partial charge in [0.1, 0.15) is 0 Å². The molecule has 3 amide bonds. The van der Waals surface area contributed by atoms with Crippen molar-refractivity contribution in [2.24, 2.45) is 0 Å². The molecule has 0 aromatic heterocycles. The van der Waals surface area contributed by atoms with Crippen molar-refractivity contribution < 1.29 is 24.2 Å². The lowest BCUT2D eigenvalue weighted by Gasteiger charge is -2.28. The number of carboxylic acid groups (broad SMARTS) is 1. The number of carbonyl (C=O) groups is 3. The number of carboxylic acids is 1. The first kappa shape index (κ1) is 19.0. The second-order valence-electron chi connectivity index (χ2n) is 6.07. The highest BCUT2D eigenvalue weighted by molar-refractivity contribution is 6.34. The molecule has 9 heteroatoms. The number of aliphatic carboxylic acids is 1. The maximum Gasteiger partial charge on any atom is 0.321 e. The van der Waals surface area contributed by atoms with E-state index in [0.717, 1.165) is 0 Å². The smallest absolute Gasteiger partial charge is 0.321 e. The van der Waals surface area contributed by atoms with E-state index in [4.69, 9.17) is 21.4 Å². The van der Waals surface area contributed by atoms with Crippen molar-refractivity contribution in [1.82, 2.24) is 10.6 Å².